The normalized spacial score (nSPS) is 11.2. The highest BCUT2D eigenvalue weighted by Gasteiger charge is 2.18. The molecule has 1 aromatic heterocycles. The number of benzene rings is 2. The summed E-state index contributed by atoms with van der Waals surface area (Å²) in [4.78, 5) is 14.7. The first kappa shape index (κ1) is 22.4. The number of anilines is 1. The predicted octanol–water partition coefficient (Wildman–Crippen LogP) is 4.86. The fraction of sp³-hybridized carbons (Fsp3) is 0.261. The van der Waals surface area contributed by atoms with Crippen LogP contribution in [0.1, 0.15) is 29.4 Å². The monoisotopic (exact) mass is 442 g/mol. The van der Waals surface area contributed by atoms with E-state index >= 15 is 0 Å². The van der Waals surface area contributed by atoms with Crippen molar-refractivity contribution in [3.05, 3.63) is 83.3 Å². The lowest BCUT2D eigenvalue weighted by Gasteiger charge is -2.23. The SMILES string of the molecule is CCS(=O)(=O)Oc1ccc(CN(Cc2ccco2)C(=O)Nc2cccc(C)c2C)cc1. The van der Waals surface area contributed by atoms with E-state index in [4.69, 9.17) is 8.60 Å². The fourth-order valence-electron chi connectivity index (χ4n) is 2.95. The molecule has 1 heterocycles. The maximum Gasteiger partial charge on any atom is 0.322 e. The zero-order valence-corrected chi connectivity index (χ0v) is 18.6. The third kappa shape index (κ3) is 6.11. The van der Waals surface area contributed by atoms with E-state index in [0.717, 1.165) is 22.4 Å². The topological polar surface area (TPSA) is 88.9 Å². The van der Waals surface area contributed by atoms with E-state index in [1.807, 2.05) is 38.1 Å². The van der Waals surface area contributed by atoms with Gasteiger partial charge >= 0.3 is 16.1 Å². The Hall–Kier alpha value is -3.26. The number of urea groups is 1. The van der Waals surface area contributed by atoms with E-state index in [0.29, 0.717) is 12.3 Å². The number of nitrogens with one attached hydrogen (secondary N) is 1. The summed E-state index contributed by atoms with van der Waals surface area (Å²) < 4.78 is 33.7. The number of nitrogens with zero attached hydrogens (tertiary/aromatic N) is 1. The highest BCUT2D eigenvalue weighted by molar-refractivity contribution is 7.87. The zero-order valence-electron chi connectivity index (χ0n) is 17.8. The summed E-state index contributed by atoms with van der Waals surface area (Å²) in [6, 6.07) is 15.7. The van der Waals surface area contributed by atoms with Gasteiger partial charge in [0.2, 0.25) is 0 Å². The Balaban J connectivity index is 1.77. The molecule has 0 saturated carbocycles. The molecule has 0 saturated heterocycles. The van der Waals surface area contributed by atoms with Gasteiger partial charge in [0.15, 0.2) is 0 Å². The molecular weight excluding hydrogens is 416 g/mol. The van der Waals surface area contributed by atoms with Gasteiger partial charge in [-0.3, -0.25) is 0 Å². The Morgan fingerprint density at radius 1 is 1.03 bits per heavy atom. The Morgan fingerprint density at radius 3 is 2.42 bits per heavy atom. The van der Waals surface area contributed by atoms with Gasteiger partial charge in [-0.25, -0.2) is 4.79 Å². The molecule has 7 nitrogen and oxygen atoms in total. The summed E-state index contributed by atoms with van der Waals surface area (Å²) in [5, 5.41) is 2.98. The number of carbonyl (C=O) groups excluding carboxylic acids is 1. The number of rotatable bonds is 8. The lowest BCUT2D eigenvalue weighted by molar-refractivity contribution is 0.201. The van der Waals surface area contributed by atoms with Crippen LogP contribution in [0.3, 0.4) is 0 Å². The molecule has 1 N–H and O–H groups in total. The van der Waals surface area contributed by atoms with Crippen molar-refractivity contribution >= 4 is 21.8 Å². The van der Waals surface area contributed by atoms with E-state index in [2.05, 4.69) is 5.32 Å². The molecule has 2 amide bonds. The smallest absolute Gasteiger partial charge is 0.322 e. The molecule has 0 atom stereocenters. The van der Waals surface area contributed by atoms with Crippen LogP contribution < -0.4 is 9.50 Å². The van der Waals surface area contributed by atoms with Crippen molar-refractivity contribution in [2.24, 2.45) is 0 Å². The van der Waals surface area contributed by atoms with Crippen LogP contribution in [-0.2, 0) is 23.2 Å². The highest BCUT2D eigenvalue weighted by Crippen LogP contribution is 2.21. The average Bonchev–Trinajstić information content (AvgIpc) is 3.25. The standard InChI is InChI=1S/C23H26N2O5S/c1-4-31(27,28)30-20-12-10-19(11-13-20)15-25(16-21-8-6-14-29-21)23(26)24-22-9-5-7-17(2)18(22)3/h5-14H,4,15-16H2,1-3H3,(H,24,26). The molecule has 0 aliphatic carbocycles. The van der Waals surface area contributed by atoms with Crippen molar-refractivity contribution in [3.8, 4) is 5.75 Å². The molecule has 3 aromatic rings. The Labute approximate surface area is 182 Å². The largest absolute Gasteiger partial charge is 0.467 e. The lowest BCUT2D eigenvalue weighted by atomic mass is 10.1. The van der Waals surface area contributed by atoms with Crippen molar-refractivity contribution in [3.63, 3.8) is 0 Å². The molecule has 0 fully saturated rings. The van der Waals surface area contributed by atoms with E-state index in [-0.39, 0.29) is 24.1 Å². The lowest BCUT2D eigenvalue weighted by Crippen LogP contribution is -2.34. The van der Waals surface area contributed by atoms with E-state index < -0.39 is 10.1 Å². The first-order valence-electron chi connectivity index (χ1n) is 9.93. The average molecular weight is 443 g/mol. The maximum absolute atomic E-state index is 13.1. The minimum atomic E-state index is -3.59. The second-order valence-corrected chi connectivity index (χ2v) is 9.05. The second kappa shape index (κ2) is 9.70. The number of hydrogen-bond acceptors (Lipinski definition) is 5. The van der Waals surface area contributed by atoms with Gasteiger partial charge in [0, 0.05) is 12.2 Å². The fourth-order valence-corrected chi connectivity index (χ4v) is 3.47. The number of aryl methyl sites for hydroxylation is 1. The van der Waals surface area contributed by atoms with Crippen molar-refractivity contribution in [1.82, 2.24) is 4.90 Å². The molecule has 2 aromatic carbocycles. The molecule has 3 rings (SSSR count). The van der Waals surface area contributed by atoms with Gasteiger partial charge in [-0.05, 0) is 67.8 Å². The minimum Gasteiger partial charge on any atom is -0.467 e. The van der Waals surface area contributed by atoms with Crippen molar-refractivity contribution in [2.45, 2.75) is 33.9 Å². The minimum absolute atomic E-state index is 0.107. The van der Waals surface area contributed by atoms with Gasteiger partial charge in [-0.2, -0.15) is 8.42 Å². The summed E-state index contributed by atoms with van der Waals surface area (Å²) in [6.07, 6.45) is 1.57. The van der Waals surface area contributed by atoms with Gasteiger partial charge in [0.05, 0.1) is 18.6 Å². The third-order valence-electron chi connectivity index (χ3n) is 4.93. The van der Waals surface area contributed by atoms with Crippen LogP contribution in [0.2, 0.25) is 0 Å². The summed E-state index contributed by atoms with van der Waals surface area (Å²) in [6.45, 7) is 6.06. The molecule has 8 heteroatoms. The third-order valence-corrected chi connectivity index (χ3v) is 6.09. The molecule has 164 valence electrons. The second-order valence-electron chi connectivity index (χ2n) is 7.19. The van der Waals surface area contributed by atoms with Crippen LogP contribution in [0, 0.1) is 13.8 Å². The first-order chi connectivity index (χ1) is 14.8. The molecule has 0 radical (unpaired) electrons. The molecule has 0 unspecified atom stereocenters. The van der Waals surface area contributed by atoms with E-state index in [9.17, 15) is 13.2 Å². The van der Waals surface area contributed by atoms with E-state index in [1.165, 1.54) is 6.92 Å². The maximum atomic E-state index is 13.1. The molecular formula is C23H26N2O5S. The predicted molar refractivity (Wildman–Crippen MR) is 119 cm³/mol. The van der Waals surface area contributed by atoms with Crippen molar-refractivity contribution in [1.29, 1.82) is 0 Å². The molecule has 0 spiro atoms. The van der Waals surface area contributed by atoms with Crippen molar-refractivity contribution in [2.75, 3.05) is 11.1 Å². The van der Waals surface area contributed by atoms with Gasteiger partial charge in [-0.1, -0.05) is 24.3 Å². The summed E-state index contributed by atoms with van der Waals surface area (Å²) in [7, 11) is -3.59. The van der Waals surface area contributed by atoms with Gasteiger partial charge in [0.25, 0.3) is 0 Å². The first-order valence-corrected chi connectivity index (χ1v) is 11.5. The van der Waals surface area contributed by atoms with Crippen LogP contribution in [-0.4, -0.2) is 25.1 Å². The molecule has 0 bridgehead atoms. The summed E-state index contributed by atoms with van der Waals surface area (Å²) in [5.41, 5.74) is 3.67. The number of hydrogen-bond donors (Lipinski definition) is 1. The Bertz CT molecular complexity index is 1120. The Kier molecular flexibility index (Phi) is 7.02. The Morgan fingerprint density at radius 2 is 1.77 bits per heavy atom. The van der Waals surface area contributed by atoms with Gasteiger partial charge in [-0.15, -0.1) is 0 Å². The molecule has 0 aliphatic heterocycles. The molecule has 0 aliphatic rings. The van der Waals surface area contributed by atoms with Crippen LogP contribution in [0.15, 0.2) is 65.3 Å². The highest BCUT2D eigenvalue weighted by atomic mass is 32.2. The van der Waals surface area contributed by atoms with Crippen LogP contribution in [0.4, 0.5) is 10.5 Å². The number of furan rings is 1. The zero-order chi connectivity index (χ0) is 22.4. The quantitative estimate of drug-likeness (QED) is 0.503. The van der Waals surface area contributed by atoms with Crippen LogP contribution in [0.5, 0.6) is 5.75 Å². The number of carbonyl (C=O) groups is 1. The van der Waals surface area contributed by atoms with Crippen molar-refractivity contribution < 1.29 is 21.8 Å². The summed E-state index contributed by atoms with van der Waals surface area (Å²) in [5.74, 6) is 0.789. The van der Waals surface area contributed by atoms with Crippen LogP contribution >= 0.6 is 0 Å². The van der Waals surface area contributed by atoms with Gasteiger partial charge < -0.3 is 18.8 Å². The molecule has 31 heavy (non-hydrogen) atoms. The van der Waals surface area contributed by atoms with E-state index in [1.54, 1.807) is 41.5 Å². The van der Waals surface area contributed by atoms with Gasteiger partial charge in [0.1, 0.15) is 11.5 Å². The van der Waals surface area contributed by atoms with Crippen LogP contribution in [0.25, 0.3) is 0 Å². The summed E-state index contributed by atoms with van der Waals surface area (Å²) >= 11 is 0. The number of amides is 2.